The van der Waals surface area contributed by atoms with E-state index in [2.05, 4.69) is 23.5 Å². The van der Waals surface area contributed by atoms with Gasteiger partial charge in [-0.2, -0.15) is 0 Å². The van der Waals surface area contributed by atoms with Gasteiger partial charge in [0.25, 0.3) is 0 Å². The summed E-state index contributed by atoms with van der Waals surface area (Å²) in [6, 6.07) is 14.4. The first-order valence-corrected chi connectivity index (χ1v) is 10.4. The summed E-state index contributed by atoms with van der Waals surface area (Å²) in [5.41, 5.74) is 5.97. The van der Waals surface area contributed by atoms with Gasteiger partial charge in [-0.05, 0) is 73.4 Å². The molecule has 2 aromatic rings. The number of fused-ring (bicyclic) bond motifs is 1. The van der Waals surface area contributed by atoms with E-state index in [0.717, 1.165) is 30.6 Å². The van der Waals surface area contributed by atoms with Crippen molar-refractivity contribution in [1.29, 1.82) is 0 Å². The van der Waals surface area contributed by atoms with Crippen LogP contribution >= 0.6 is 0 Å². The zero-order chi connectivity index (χ0) is 19.5. The number of anilines is 1. The Kier molecular flexibility index (Phi) is 5.47. The number of hydrogen-bond donors (Lipinski definition) is 1. The van der Waals surface area contributed by atoms with E-state index in [-0.39, 0.29) is 17.9 Å². The smallest absolute Gasteiger partial charge is 0.227 e. The van der Waals surface area contributed by atoms with E-state index in [0.29, 0.717) is 12.8 Å². The molecule has 1 aliphatic heterocycles. The molecular formula is C24H28N2O2. The van der Waals surface area contributed by atoms with Crippen LogP contribution < -0.4 is 10.2 Å². The summed E-state index contributed by atoms with van der Waals surface area (Å²) in [7, 11) is 0. The Morgan fingerprint density at radius 2 is 1.75 bits per heavy atom. The summed E-state index contributed by atoms with van der Waals surface area (Å²) in [5.74, 6) is 0.208. The van der Waals surface area contributed by atoms with Crippen molar-refractivity contribution in [3.05, 3.63) is 64.7 Å². The number of amides is 2. The Bertz CT molecular complexity index is 873. The summed E-state index contributed by atoms with van der Waals surface area (Å²) in [4.78, 5) is 26.2. The van der Waals surface area contributed by atoms with E-state index in [4.69, 9.17) is 0 Å². The molecule has 4 heteroatoms. The second kappa shape index (κ2) is 8.17. The molecule has 2 aromatic carbocycles. The highest BCUT2D eigenvalue weighted by molar-refractivity contribution is 5.95. The molecule has 4 nitrogen and oxygen atoms in total. The van der Waals surface area contributed by atoms with Gasteiger partial charge in [-0.15, -0.1) is 0 Å². The van der Waals surface area contributed by atoms with Crippen molar-refractivity contribution in [2.24, 2.45) is 0 Å². The van der Waals surface area contributed by atoms with Crippen LogP contribution in [0.25, 0.3) is 0 Å². The minimum atomic E-state index is 0.00113. The van der Waals surface area contributed by atoms with Crippen LogP contribution in [-0.4, -0.2) is 18.4 Å². The topological polar surface area (TPSA) is 49.4 Å². The average molecular weight is 377 g/mol. The maximum absolute atomic E-state index is 12.5. The Balaban J connectivity index is 1.35. The van der Waals surface area contributed by atoms with Crippen LogP contribution in [0, 0.1) is 0 Å². The van der Waals surface area contributed by atoms with Crippen molar-refractivity contribution in [2.75, 3.05) is 11.4 Å². The number of carbonyl (C=O) groups is 2. The zero-order valence-electron chi connectivity index (χ0n) is 16.5. The molecule has 1 atom stereocenters. The highest BCUT2D eigenvalue weighted by Crippen LogP contribution is 2.25. The molecule has 1 N–H and O–H groups in total. The third-order valence-corrected chi connectivity index (χ3v) is 5.94. The zero-order valence-corrected chi connectivity index (χ0v) is 16.5. The van der Waals surface area contributed by atoms with Gasteiger partial charge in [0.2, 0.25) is 11.8 Å². The van der Waals surface area contributed by atoms with E-state index in [9.17, 15) is 9.59 Å². The molecule has 146 valence electrons. The summed E-state index contributed by atoms with van der Waals surface area (Å²) in [5, 5.41) is 3.12. The lowest BCUT2D eigenvalue weighted by atomic mass is 9.89. The molecule has 0 bridgehead atoms. The third kappa shape index (κ3) is 4.11. The molecule has 1 aliphatic carbocycles. The van der Waals surface area contributed by atoms with E-state index in [1.54, 1.807) is 0 Å². The quantitative estimate of drug-likeness (QED) is 0.854. The maximum Gasteiger partial charge on any atom is 0.227 e. The molecule has 28 heavy (non-hydrogen) atoms. The average Bonchev–Trinajstić information content (AvgIpc) is 3.14. The standard InChI is InChI=1S/C24H28N2O2/c1-17(20-11-10-19-5-2-3-6-21(19)16-20)25-23(27)15-18-8-12-22(13-9-18)26-14-4-7-24(26)28/h8-13,16-17H,2-7,14-15H2,1H3,(H,25,27). The Hall–Kier alpha value is -2.62. The first-order valence-electron chi connectivity index (χ1n) is 10.4. The summed E-state index contributed by atoms with van der Waals surface area (Å²) in [6.07, 6.45) is 6.77. The lowest BCUT2D eigenvalue weighted by Crippen LogP contribution is -2.28. The second-order valence-electron chi connectivity index (χ2n) is 8.02. The number of rotatable bonds is 5. The fourth-order valence-corrected chi connectivity index (χ4v) is 4.30. The van der Waals surface area contributed by atoms with Crippen molar-refractivity contribution in [2.45, 2.75) is 57.9 Å². The molecule has 0 spiro atoms. The van der Waals surface area contributed by atoms with Gasteiger partial charge in [0, 0.05) is 18.7 Å². The minimum absolute atomic E-state index is 0.00113. The van der Waals surface area contributed by atoms with Gasteiger partial charge in [0.1, 0.15) is 0 Å². The minimum Gasteiger partial charge on any atom is -0.349 e. The molecule has 1 fully saturated rings. The molecule has 0 saturated carbocycles. The van der Waals surface area contributed by atoms with E-state index < -0.39 is 0 Å². The SMILES string of the molecule is CC(NC(=O)Cc1ccc(N2CCCC2=O)cc1)c1ccc2c(c1)CCCC2. The lowest BCUT2D eigenvalue weighted by Gasteiger charge is -2.20. The summed E-state index contributed by atoms with van der Waals surface area (Å²) >= 11 is 0. The van der Waals surface area contributed by atoms with Crippen molar-refractivity contribution in [3.63, 3.8) is 0 Å². The van der Waals surface area contributed by atoms with Crippen LogP contribution in [-0.2, 0) is 28.9 Å². The number of carbonyl (C=O) groups excluding carboxylic acids is 2. The molecule has 1 unspecified atom stereocenters. The molecule has 4 rings (SSSR count). The summed E-state index contributed by atoms with van der Waals surface area (Å²) < 4.78 is 0. The summed E-state index contributed by atoms with van der Waals surface area (Å²) in [6.45, 7) is 2.83. The largest absolute Gasteiger partial charge is 0.349 e. The number of benzene rings is 2. The molecule has 2 aliphatic rings. The van der Waals surface area contributed by atoms with E-state index in [1.165, 1.54) is 36.0 Å². The van der Waals surface area contributed by atoms with Crippen LogP contribution in [0.3, 0.4) is 0 Å². The molecular weight excluding hydrogens is 348 g/mol. The molecule has 1 heterocycles. The monoisotopic (exact) mass is 376 g/mol. The van der Waals surface area contributed by atoms with Gasteiger partial charge in [-0.3, -0.25) is 9.59 Å². The van der Waals surface area contributed by atoms with Crippen LogP contribution in [0.2, 0.25) is 0 Å². The van der Waals surface area contributed by atoms with Gasteiger partial charge in [-0.25, -0.2) is 0 Å². The first kappa shape index (κ1) is 18.7. The van der Waals surface area contributed by atoms with Crippen LogP contribution in [0.1, 0.15) is 60.9 Å². The van der Waals surface area contributed by atoms with Crippen molar-refractivity contribution in [1.82, 2.24) is 5.32 Å². The Labute approximate surface area is 166 Å². The van der Waals surface area contributed by atoms with E-state index >= 15 is 0 Å². The normalized spacial score (nSPS) is 17.3. The highest BCUT2D eigenvalue weighted by atomic mass is 16.2. The third-order valence-electron chi connectivity index (χ3n) is 5.94. The van der Waals surface area contributed by atoms with Crippen molar-refractivity contribution in [3.8, 4) is 0 Å². The molecule has 0 radical (unpaired) electrons. The molecule has 2 amide bonds. The lowest BCUT2D eigenvalue weighted by molar-refractivity contribution is -0.121. The predicted octanol–water partition coefficient (Wildman–Crippen LogP) is 4.11. The fourth-order valence-electron chi connectivity index (χ4n) is 4.30. The van der Waals surface area contributed by atoms with Crippen molar-refractivity contribution >= 4 is 17.5 Å². The van der Waals surface area contributed by atoms with Gasteiger partial charge in [-0.1, -0.05) is 30.3 Å². The maximum atomic E-state index is 12.5. The van der Waals surface area contributed by atoms with Gasteiger partial charge in [0.05, 0.1) is 12.5 Å². The van der Waals surface area contributed by atoms with Gasteiger partial charge >= 0.3 is 0 Å². The number of hydrogen-bond acceptors (Lipinski definition) is 2. The highest BCUT2D eigenvalue weighted by Gasteiger charge is 2.21. The van der Waals surface area contributed by atoms with Gasteiger partial charge in [0.15, 0.2) is 0 Å². The number of aryl methyl sites for hydroxylation is 2. The fraction of sp³-hybridized carbons (Fsp3) is 0.417. The Morgan fingerprint density at radius 1 is 1.00 bits per heavy atom. The first-order chi connectivity index (χ1) is 13.6. The van der Waals surface area contributed by atoms with Crippen molar-refractivity contribution < 1.29 is 9.59 Å². The van der Waals surface area contributed by atoms with Gasteiger partial charge < -0.3 is 10.2 Å². The van der Waals surface area contributed by atoms with E-state index in [1.807, 2.05) is 36.1 Å². The van der Waals surface area contributed by atoms with Crippen LogP contribution in [0.4, 0.5) is 5.69 Å². The predicted molar refractivity (Wildman–Crippen MR) is 111 cm³/mol. The van der Waals surface area contributed by atoms with Crippen LogP contribution in [0.5, 0.6) is 0 Å². The molecule has 1 saturated heterocycles. The number of nitrogens with zero attached hydrogens (tertiary/aromatic N) is 1. The molecule has 0 aromatic heterocycles. The number of nitrogens with one attached hydrogen (secondary N) is 1. The Morgan fingerprint density at radius 3 is 2.46 bits per heavy atom. The van der Waals surface area contributed by atoms with Crippen LogP contribution in [0.15, 0.2) is 42.5 Å². The second-order valence-corrected chi connectivity index (χ2v) is 8.02.